The van der Waals surface area contributed by atoms with Gasteiger partial charge in [0.05, 0.1) is 23.2 Å². The molecule has 1 aromatic rings. The number of nitro groups is 1. The van der Waals surface area contributed by atoms with Crippen molar-refractivity contribution >= 4 is 17.3 Å². The third kappa shape index (κ3) is 4.20. The maximum Gasteiger partial charge on any atom is 0.311 e. The van der Waals surface area contributed by atoms with Crippen molar-refractivity contribution in [2.75, 3.05) is 13.7 Å². The van der Waals surface area contributed by atoms with Crippen LogP contribution in [0.2, 0.25) is 5.02 Å². The Kier molecular flexibility index (Phi) is 6.19. The fourth-order valence-corrected chi connectivity index (χ4v) is 1.96. The first-order valence-corrected chi connectivity index (χ1v) is 6.19. The molecule has 0 radical (unpaired) electrons. The molecule has 2 N–H and O–H groups in total. The highest BCUT2D eigenvalue weighted by Gasteiger charge is 2.25. The number of azide groups is 1. The van der Waals surface area contributed by atoms with E-state index < -0.39 is 17.1 Å². The first-order chi connectivity index (χ1) is 9.92. The van der Waals surface area contributed by atoms with Gasteiger partial charge in [-0.3, -0.25) is 10.1 Å². The normalized spacial score (nSPS) is 13.1. The van der Waals surface area contributed by atoms with E-state index in [1.54, 1.807) is 0 Å². The number of methoxy groups -OCH3 is 1. The predicted octanol–water partition coefficient (Wildman–Crippen LogP) is 2.35. The van der Waals surface area contributed by atoms with Gasteiger partial charge in [0.2, 0.25) is 0 Å². The second-order valence-corrected chi connectivity index (χ2v) is 4.47. The number of rotatable bonds is 7. The lowest BCUT2D eigenvalue weighted by atomic mass is 10.0. The molecule has 0 saturated carbocycles. The van der Waals surface area contributed by atoms with Crippen molar-refractivity contribution in [1.29, 1.82) is 0 Å². The average molecular weight is 317 g/mol. The summed E-state index contributed by atoms with van der Waals surface area (Å²) in [6.07, 6.45) is -2.74. The van der Waals surface area contributed by atoms with Gasteiger partial charge in [-0.15, -0.1) is 0 Å². The summed E-state index contributed by atoms with van der Waals surface area (Å²) in [4.78, 5) is 12.8. The molecule has 0 spiro atoms. The molecule has 2 unspecified atom stereocenters. The van der Waals surface area contributed by atoms with Crippen LogP contribution in [0.3, 0.4) is 0 Å². The molecule has 1 rings (SSSR count). The van der Waals surface area contributed by atoms with Crippen molar-refractivity contribution in [2.24, 2.45) is 5.11 Å². The van der Waals surface area contributed by atoms with E-state index >= 15 is 0 Å². The molecule has 0 amide bonds. The average Bonchev–Trinajstić information content (AvgIpc) is 2.45. The van der Waals surface area contributed by atoms with Crippen LogP contribution in [0.1, 0.15) is 18.1 Å². The van der Waals surface area contributed by atoms with E-state index in [0.29, 0.717) is 0 Å². The van der Waals surface area contributed by atoms with E-state index in [2.05, 4.69) is 10.0 Å². The van der Waals surface area contributed by atoms with E-state index in [4.69, 9.17) is 21.9 Å². The molecule has 0 saturated heterocycles. The highest BCUT2D eigenvalue weighted by molar-refractivity contribution is 6.31. The summed E-state index contributed by atoms with van der Waals surface area (Å²) >= 11 is 5.93. The summed E-state index contributed by atoms with van der Waals surface area (Å²) in [5, 5.41) is 34.0. The van der Waals surface area contributed by atoms with Crippen LogP contribution >= 0.6 is 11.6 Å². The second kappa shape index (κ2) is 7.65. The van der Waals surface area contributed by atoms with Crippen LogP contribution in [0.15, 0.2) is 17.2 Å². The van der Waals surface area contributed by atoms with Crippen LogP contribution < -0.4 is 4.74 Å². The molecule has 0 bridgehead atoms. The topological polar surface area (TPSA) is 142 Å². The monoisotopic (exact) mass is 316 g/mol. The van der Waals surface area contributed by atoms with E-state index in [1.807, 2.05) is 0 Å². The molecule has 0 heterocycles. The van der Waals surface area contributed by atoms with E-state index in [0.717, 1.165) is 6.07 Å². The summed E-state index contributed by atoms with van der Waals surface area (Å²) in [6.45, 7) is -0.0232. The summed E-state index contributed by atoms with van der Waals surface area (Å²) in [6, 6.07) is 2.24. The zero-order valence-corrected chi connectivity index (χ0v) is 11.8. The molecule has 0 aliphatic carbocycles. The van der Waals surface area contributed by atoms with Gasteiger partial charge in [-0.1, -0.05) is 16.7 Å². The van der Waals surface area contributed by atoms with Gasteiger partial charge in [-0.05, 0) is 12.0 Å². The number of hydrogen-bond acceptors (Lipinski definition) is 6. The van der Waals surface area contributed by atoms with Crippen LogP contribution in [0.5, 0.6) is 5.75 Å². The Balaban J connectivity index is 3.08. The first kappa shape index (κ1) is 17.0. The van der Waals surface area contributed by atoms with Gasteiger partial charge in [-0.2, -0.15) is 0 Å². The Labute approximate surface area is 124 Å². The van der Waals surface area contributed by atoms with Gasteiger partial charge in [0.1, 0.15) is 6.10 Å². The molecule has 0 aliphatic rings. The van der Waals surface area contributed by atoms with Crippen LogP contribution in [-0.4, -0.2) is 34.9 Å². The highest BCUT2D eigenvalue weighted by atomic mass is 35.5. The van der Waals surface area contributed by atoms with Gasteiger partial charge in [0.25, 0.3) is 0 Å². The number of halogens is 1. The van der Waals surface area contributed by atoms with Crippen LogP contribution in [-0.2, 0) is 0 Å². The SMILES string of the molecule is COc1cc(Cl)c(C(O)C(O)CCN=[N+]=[N-])cc1[N+](=O)[O-]. The standard InChI is InChI=1S/C11H13ClN4O5/c1-21-10-5-7(12)6(4-8(10)16(19)20)11(18)9(17)2-3-14-15-13/h4-5,9,11,17-18H,2-3H2,1H3. The lowest BCUT2D eigenvalue weighted by Crippen LogP contribution is -2.19. The van der Waals surface area contributed by atoms with Crippen molar-refractivity contribution in [3.05, 3.63) is 43.3 Å². The van der Waals surface area contributed by atoms with Crippen molar-refractivity contribution in [3.63, 3.8) is 0 Å². The van der Waals surface area contributed by atoms with Gasteiger partial charge in [0, 0.05) is 29.2 Å². The minimum absolute atomic E-state index is 0.00222. The van der Waals surface area contributed by atoms with Crippen molar-refractivity contribution in [2.45, 2.75) is 18.6 Å². The molecule has 0 fully saturated rings. The lowest BCUT2D eigenvalue weighted by Gasteiger charge is -2.19. The molecule has 2 atom stereocenters. The minimum atomic E-state index is -1.45. The van der Waals surface area contributed by atoms with Crippen LogP contribution in [0.25, 0.3) is 10.4 Å². The number of nitrogens with zero attached hydrogens (tertiary/aromatic N) is 4. The van der Waals surface area contributed by atoms with Crippen LogP contribution in [0, 0.1) is 10.1 Å². The first-order valence-electron chi connectivity index (χ1n) is 5.81. The Morgan fingerprint density at radius 2 is 2.24 bits per heavy atom. The third-order valence-corrected chi connectivity index (χ3v) is 3.09. The van der Waals surface area contributed by atoms with Gasteiger partial charge >= 0.3 is 5.69 Å². The largest absolute Gasteiger partial charge is 0.490 e. The third-order valence-electron chi connectivity index (χ3n) is 2.77. The summed E-state index contributed by atoms with van der Waals surface area (Å²) in [5.74, 6) is -0.0514. The number of aliphatic hydroxyl groups is 2. The number of ether oxygens (including phenoxy) is 1. The number of aliphatic hydroxyl groups excluding tert-OH is 2. The van der Waals surface area contributed by atoms with E-state index in [9.17, 15) is 20.3 Å². The van der Waals surface area contributed by atoms with Gasteiger partial charge in [0.15, 0.2) is 5.75 Å². The molecule has 0 aliphatic heterocycles. The Hall–Kier alpha value is -2.06. The quantitative estimate of drug-likeness (QED) is 0.261. The number of benzene rings is 1. The molecule has 10 heteroatoms. The molecule has 114 valence electrons. The summed E-state index contributed by atoms with van der Waals surface area (Å²) in [5.41, 5.74) is 7.76. The highest BCUT2D eigenvalue weighted by Crippen LogP contribution is 2.36. The van der Waals surface area contributed by atoms with Crippen molar-refractivity contribution in [3.8, 4) is 5.75 Å². The Morgan fingerprint density at radius 3 is 2.76 bits per heavy atom. The predicted molar refractivity (Wildman–Crippen MR) is 74.3 cm³/mol. The fourth-order valence-electron chi connectivity index (χ4n) is 1.69. The van der Waals surface area contributed by atoms with Gasteiger partial charge < -0.3 is 14.9 Å². The Bertz CT molecular complexity index is 576. The Morgan fingerprint density at radius 1 is 1.57 bits per heavy atom. The zero-order chi connectivity index (χ0) is 16.0. The second-order valence-electron chi connectivity index (χ2n) is 4.06. The lowest BCUT2D eigenvalue weighted by molar-refractivity contribution is -0.385. The van der Waals surface area contributed by atoms with Crippen molar-refractivity contribution in [1.82, 2.24) is 0 Å². The molecule has 9 nitrogen and oxygen atoms in total. The molecular formula is C11H13ClN4O5. The zero-order valence-electron chi connectivity index (χ0n) is 11.0. The number of hydrogen-bond donors (Lipinski definition) is 2. The smallest absolute Gasteiger partial charge is 0.311 e. The fraction of sp³-hybridized carbons (Fsp3) is 0.455. The maximum atomic E-state index is 10.9. The molecule has 21 heavy (non-hydrogen) atoms. The molecule has 1 aromatic carbocycles. The van der Waals surface area contributed by atoms with E-state index in [-0.39, 0.29) is 35.0 Å². The van der Waals surface area contributed by atoms with Gasteiger partial charge in [-0.25, -0.2) is 0 Å². The summed E-state index contributed by atoms with van der Waals surface area (Å²) in [7, 11) is 1.25. The maximum absolute atomic E-state index is 10.9. The van der Waals surface area contributed by atoms with Crippen LogP contribution in [0.4, 0.5) is 5.69 Å². The van der Waals surface area contributed by atoms with E-state index in [1.165, 1.54) is 13.2 Å². The number of nitro benzene ring substituents is 1. The molecular weight excluding hydrogens is 304 g/mol. The summed E-state index contributed by atoms with van der Waals surface area (Å²) < 4.78 is 4.84. The van der Waals surface area contributed by atoms with Crippen molar-refractivity contribution < 1.29 is 19.9 Å². The minimum Gasteiger partial charge on any atom is -0.490 e. The molecule has 0 aromatic heterocycles.